The van der Waals surface area contributed by atoms with Crippen LogP contribution in [0.1, 0.15) is 28.8 Å². The zero-order valence-electron chi connectivity index (χ0n) is 16.6. The minimum atomic E-state index is -3.60. The second-order valence-electron chi connectivity index (χ2n) is 7.19. The quantitative estimate of drug-likeness (QED) is 0.692. The SMILES string of the molecule is NCC(=CF)COc1ccc(S(=O)(=O)Cc2cccc(C(=O)N3CCCC3)c2)cc1. The second kappa shape index (κ2) is 9.86. The first-order chi connectivity index (χ1) is 14.4. The maximum atomic E-state index is 12.8. The molecule has 2 aromatic rings. The van der Waals surface area contributed by atoms with E-state index in [1.807, 2.05) is 0 Å². The number of halogens is 1. The fourth-order valence-corrected chi connectivity index (χ4v) is 4.59. The van der Waals surface area contributed by atoms with Gasteiger partial charge < -0.3 is 15.4 Å². The van der Waals surface area contributed by atoms with Gasteiger partial charge in [-0.25, -0.2) is 12.8 Å². The van der Waals surface area contributed by atoms with Crippen LogP contribution in [0.5, 0.6) is 5.75 Å². The number of hydrogen-bond donors (Lipinski definition) is 1. The molecule has 2 aromatic carbocycles. The molecule has 30 heavy (non-hydrogen) atoms. The maximum absolute atomic E-state index is 12.8. The lowest BCUT2D eigenvalue weighted by molar-refractivity contribution is 0.0792. The standard InChI is InChI=1S/C22H25FN2O4S/c23-13-18(14-24)15-29-20-6-8-21(9-7-20)30(27,28)16-17-4-3-5-19(12-17)22(26)25-10-1-2-11-25/h3-9,12-13H,1-2,10-11,14-16,24H2. The Labute approximate surface area is 176 Å². The van der Waals surface area contributed by atoms with Crippen molar-refractivity contribution in [3.8, 4) is 5.75 Å². The summed E-state index contributed by atoms with van der Waals surface area (Å²) in [5, 5.41) is 0. The molecule has 6 nitrogen and oxygen atoms in total. The smallest absolute Gasteiger partial charge is 0.253 e. The van der Waals surface area contributed by atoms with Crippen molar-refractivity contribution >= 4 is 15.7 Å². The molecular formula is C22H25FN2O4S. The molecule has 1 saturated heterocycles. The van der Waals surface area contributed by atoms with Gasteiger partial charge in [-0.05, 0) is 54.8 Å². The number of nitrogens with two attached hydrogens (primary N) is 1. The number of sulfone groups is 1. The lowest BCUT2D eigenvalue weighted by atomic mass is 10.1. The van der Waals surface area contributed by atoms with Crippen molar-refractivity contribution in [2.75, 3.05) is 26.2 Å². The van der Waals surface area contributed by atoms with Gasteiger partial charge in [-0.1, -0.05) is 12.1 Å². The van der Waals surface area contributed by atoms with Crippen LogP contribution >= 0.6 is 0 Å². The molecule has 1 fully saturated rings. The van der Waals surface area contributed by atoms with Crippen molar-refractivity contribution in [1.82, 2.24) is 4.90 Å². The van der Waals surface area contributed by atoms with Crippen molar-refractivity contribution < 1.29 is 22.3 Å². The molecule has 0 unspecified atom stereocenters. The zero-order valence-corrected chi connectivity index (χ0v) is 17.4. The molecule has 1 aliphatic heterocycles. The zero-order chi connectivity index (χ0) is 21.6. The van der Waals surface area contributed by atoms with Gasteiger partial charge in [0.15, 0.2) is 9.84 Å². The Morgan fingerprint density at radius 3 is 2.47 bits per heavy atom. The van der Waals surface area contributed by atoms with E-state index in [1.54, 1.807) is 29.2 Å². The van der Waals surface area contributed by atoms with E-state index in [1.165, 1.54) is 24.3 Å². The van der Waals surface area contributed by atoms with E-state index in [2.05, 4.69) is 0 Å². The first-order valence-electron chi connectivity index (χ1n) is 9.75. The highest BCUT2D eigenvalue weighted by molar-refractivity contribution is 7.90. The molecule has 3 rings (SSSR count). The molecule has 1 aliphatic rings. The Morgan fingerprint density at radius 2 is 1.83 bits per heavy atom. The Kier molecular flexibility index (Phi) is 7.23. The predicted molar refractivity (Wildman–Crippen MR) is 113 cm³/mol. The van der Waals surface area contributed by atoms with E-state index in [9.17, 15) is 17.6 Å². The third-order valence-electron chi connectivity index (χ3n) is 4.95. The number of benzene rings is 2. The number of rotatable bonds is 8. The van der Waals surface area contributed by atoms with E-state index >= 15 is 0 Å². The molecule has 1 amide bonds. The Balaban J connectivity index is 1.69. The molecule has 8 heteroatoms. The molecule has 0 aliphatic carbocycles. The average Bonchev–Trinajstić information content (AvgIpc) is 3.29. The molecule has 1 heterocycles. The third-order valence-corrected chi connectivity index (χ3v) is 6.65. The summed E-state index contributed by atoms with van der Waals surface area (Å²) in [6.07, 6.45) is 2.40. The van der Waals surface area contributed by atoms with Gasteiger partial charge in [-0.3, -0.25) is 4.79 Å². The number of nitrogens with zero attached hydrogens (tertiary/aromatic N) is 1. The van der Waals surface area contributed by atoms with Gasteiger partial charge >= 0.3 is 0 Å². The van der Waals surface area contributed by atoms with Gasteiger partial charge in [0.05, 0.1) is 17.0 Å². The van der Waals surface area contributed by atoms with Crippen LogP contribution in [-0.2, 0) is 15.6 Å². The normalized spacial score (nSPS) is 14.7. The van der Waals surface area contributed by atoms with Crippen LogP contribution in [0.4, 0.5) is 4.39 Å². The summed E-state index contributed by atoms with van der Waals surface area (Å²) in [4.78, 5) is 14.5. The Morgan fingerprint density at radius 1 is 1.13 bits per heavy atom. The van der Waals surface area contributed by atoms with Crippen molar-refractivity contribution in [1.29, 1.82) is 0 Å². The number of ether oxygens (including phenoxy) is 1. The largest absolute Gasteiger partial charge is 0.489 e. The molecule has 0 saturated carbocycles. The van der Waals surface area contributed by atoms with Gasteiger partial charge in [-0.15, -0.1) is 0 Å². The van der Waals surface area contributed by atoms with E-state index in [4.69, 9.17) is 10.5 Å². The predicted octanol–water partition coefficient (Wildman–Crippen LogP) is 3.09. The molecule has 160 valence electrons. The van der Waals surface area contributed by atoms with Crippen LogP contribution in [0.15, 0.2) is 65.3 Å². The molecule has 0 bridgehead atoms. The molecule has 0 spiro atoms. The molecule has 0 radical (unpaired) electrons. The lowest BCUT2D eigenvalue weighted by Crippen LogP contribution is -2.27. The topological polar surface area (TPSA) is 89.7 Å². The fraction of sp³-hybridized carbons (Fsp3) is 0.318. The number of amides is 1. The van der Waals surface area contributed by atoms with E-state index in [-0.39, 0.29) is 29.7 Å². The number of hydrogen-bond acceptors (Lipinski definition) is 5. The highest BCUT2D eigenvalue weighted by atomic mass is 32.2. The van der Waals surface area contributed by atoms with Crippen molar-refractivity contribution in [3.05, 3.63) is 71.6 Å². The summed E-state index contributed by atoms with van der Waals surface area (Å²) in [6.45, 7) is 1.52. The Hall–Kier alpha value is -2.71. The first-order valence-corrected chi connectivity index (χ1v) is 11.4. The summed E-state index contributed by atoms with van der Waals surface area (Å²) in [7, 11) is -3.60. The van der Waals surface area contributed by atoms with Gasteiger partial charge in [0.1, 0.15) is 12.4 Å². The summed E-state index contributed by atoms with van der Waals surface area (Å²) in [5.41, 5.74) is 6.74. The third kappa shape index (κ3) is 5.46. The molecular weight excluding hydrogens is 407 g/mol. The minimum absolute atomic E-state index is 0.00304. The summed E-state index contributed by atoms with van der Waals surface area (Å²) in [6, 6.07) is 12.7. The van der Waals surface area contributed by atoms with Crippen LogP contribution in [0.3, 0.4) is 0 Å². The van der Waals surface area contributed by atoms with Gasteiger partial charge in [0.25, 0.3) is 5.91 Å². The van der Waals surface area contributed by atoms with E-state index < -0.39 is 9.84 Å². The highest BCUT2D eigenvalue weighted by Crippen LogP contribution is 2.22. The van der Waals surface area contributed by atoms with Gasteiger partial charge in [0, 0.05) is 30.8 Å². The second-order valence-corrected chi connectivity index (χ2v) is 9.18. The van der Waals surface area contributed by atoms with Crippen LogP contribution in [0.2, 0.25) is 0 Å². The number of carbonyl (C=O) groups is 1. The highest BCUT2D eigenvalue weighted by Gasteiger charge is 2.21. The summed E-state index contributed by atoms with van der Waals surface area (Å²) < 4.78 is 43.5. The van der Waals surface area contributed by atoms with Crippen LogP contribution < -0.4 is 10.5 Å². The van der Waals surface area contributed by atoms with Crippen molar-refractivity contribution in [2.24, 2.45) is 5.73 Å². The van der Waals surface area contributed by atoms with Crippen molar-refractivity contribution in [2.45, 2.75) is 23.5 Å². The number of carbonyl (C=O) groups excluding carboxylic acids is 1. The van der Waals surface area contributed by atoms with E-state index in [0.717, 1.165) is 25.9 Å². The van der Waals surface area contributed by atoms with Gasteiger partial charge in [0.2, 0.25) is 0 Å². The molecule has 0 atom stereocenters. The molecule has 2 N–H and O–H groups in total. The summed E-state index contributed by atoms with van der Waals surface area (Å²) in [5.74, 6) is 0.142. The summed E-state index contributed by atoms with van der Waals surface area (Å²) >= 11 is 0. The monoisotopic (exact) mass is 432 g/mol. The van der Waals surface area contributed by atoms with Crippen molar-refractivity contribution in [3.63, 3.8) is 0 Å². The van der Waals surface area contributed by atoms with Gasteiger partial charge in [-0.2, -0.15) is 0 Å². The van der Waals surface area contributed by atoms with Crippen LogP contribution in [0, 0.1) is 0 Å². The minimum Gasteiger partial charge on any atom is -0.489 e. The maximum Gasteiger partial charge on any atom is 0.253 e. The molecule has 0 aromatic heterocycles. The average molecular weight is 433 g/mol. The van der Waals surface area contributed by atoms with E-state index in [0.29, 0.717) is 28.8 Å². The lowest BCUT2D eigenvalue weighted by Gasteiger charge is -2.15. The Bertz CT molecular complexity index is 1010. The van der Waals surface area contributed by atoms with Crippen LogP contribution in [0.25, 0.3) is 0 Å². The fourth-order valence-electron chi connectivity index (χ4n) is 3.25. The first kappa shape index (κ1) is 22.0. The number of likely N-dealkylation sites (tertiary alicyclic amines) is 1. The van der Waals surface area contributed by atoms with Crippen LogP contribution in [-0.4, -0.2) is 45.5 Å².